The number of hydrogen-bond donors (Lipinski definition) is 2. The SMILES string of the molecule is NS(=O)(=O)c1ccc(CN2C(=O)CC(C(=O)Nc3ccccc3)SC2=Nc2ccccc2)cc1. The van der Waals surface area contributed by atoms with Crippen molar-refractivity contribution >= 4 is 50.1 Å². The van der Waals surface area contributed by atoms with Crippen LogP contribution >= 0.6 is 11.8 Å². The molecule has 3 aromatic rings. The first-order valence-corrected chi connectivity index (χ1v) is 12.8. The molecule has 3 aromatic carbocycles. The second kappa shape index (κ2) is 10.2. The van der Waals surface area contributed by atoms with Crippen LogP contribution in [0.5, 0.6) is 0 Å². The molecule has 34 heavy (non-hydrogen) atoms. The average Bonchev–Trinajstić information content (AvgIpc) is 2.82. The van der Waals surface area contributed by atoms with Gasteiger partial charge in [-0.15, -0.1) is 0 Å². The van der Waals surface area contributed by atoms with E-state index in [1.807, 2.05) is 48.5 Å². The van der Waals surface area contributed by atoms with E-state index in [1.54, 1.807) is 24.3 Å². The summed E-state index contributed by atoms with van der Waals surface area (Å²) in [5, 5.41) is 7.77. The molecule has 10 heteroatoms. The van der Waals surface area contributed by atoms with Crippen molar-refractivity contribution in [1.29, 1.82) is 0 Å². The standard InChI is InChI=1S/C24H22N4O4S2/c25-34(31,32)20-13-11-17(12-14-20)16-28-22(29)15-21(23(30)26-18-7-3-1-4-8-18)33-24(28)27-19-9-5-2-6-10-19/h1-14,21H,15-16H2,(H,26,30)(H2,25,31,32). The lowest BCUT2D eigenvalue weighted by molar-refractivity contribution is -0.129. The molecule has 0 aromatic heterocycles. The predicted molar refractivity (Wildman–Crippen MR) is 133 cm³/mol. The van der Waals surface area contributed by atoms with Crippen LogP contribution in [0.1, 0.15) is 12.0 Å². The van der Waals surface area contributed by atoms with E-state index in [0.29, 0.717) is 22.1 Å². The Kier molecular flexibility index (Phi) is 7.11. The number of thioether (sulfide) groups is 1. The first-order chi connectivity index (χ1) is 16.3. The van der Waals surface area contributed by atoms with Crippen molar-refractivity contribution in [2.75, 3.05) is 5.32 Å². The fourth-order valence-corrected chi connectivity index (χ4v) is 4.93. The Morgan fingerprint density at radius 3 is 2.24 bits per heavy atom. The number of anilines is 1. The molecule has 0 spiro atoms. The van der Waals surface area contributed by atoms with E-state index >= 15 is 0 Å². The quantitative estimate of drug-likeness (QED) is 0.543. The number of rotatable bonds is 6. The lowest BCUT2D eigenvalue weighted by atomic mass is 10.2. The van der Waals surface area contributed by atoms with Crippen molar-refractivity contribution < 1.29 is 18.0 Å². The number of para-hydroxylation sites is 2. The third kappa shape index (κ3) is 5.90. The molecular formula is C24H22N4O4S2. The summed E-state index contributed by atoms with van der Waals surface area (Å²) in [6, 6.07) is 24.2. The van der Waals surface area contributed by atoms with Gasteiger partial charge in [0.1, 0.15) is 5.25 Å². The highest BCUT2D eigenvalue weighted by atomic mass is 32.2. The van der Waals surface area contributed by atoms with Gasteiger partial charge in [-0.05, 0) is 42.0 Å². The Morgan fingerprint density at radius 1 is 1.00 bits per heavy atom. The molecule has 0 radical (unpaired) electrons. The predicted octanol–water partition coefficient (Wildman–Crippen LogP) is 3.49. The molecule has 174 valence electrons. The van der Waals surface area contributed by atoms with Gasteiger partial charge in [0.15, 0.2) is 5.17 Å². The number of carbonyl (C=O) groups is 2. The zero-order valence-electron chi connectivity index (χ0n) is 18.0. The number of primary sulfonamides is 1. The van der Waals surface area contributed by atoms with Crippen molar-refractivity contribution in [3.8, 4) is 0 Å². The summed E-state index contributed by atoms with van der Waals surface area (Å²) < 4.78 is 23.1. The number of amides is 2. The van der Waals surface area contributed by atoms with Gasteiger partial charge in [0.05, 0.1) is 17.1 Å². The molecule has 2 amide bonds. The minimum atomic E-state index is -3.81. The van der Waals surface area contributed by atoms with E-state index in [4.69, 9.17) is 5.14 Å². The molecule has 3 N–H and O–H groups in total. The molecule has 0 aliphatic carbocycles. The van der Waals surface area contributed by atoms with E-state index in [2.05, 4.69) is 10.3 Å². The highest BCUT2D eigenvalue weighted by Gasteiger charge is 2.36. The molecule has 1 atom stereocenters. The Bertz CT molecular complexity index is 1310. The van der Waals surface area contributed by atoms with Crippen LogP contribution in [0.25, 0.3) is 0 Å². The minimum absolute atomic E-state index is 0.00636. The van der Waals surface area contributed by atoms with Gasteiger partial charge in [0.2, 0.25) is 21.8 Å². The number of nitrogens with one attached hydrogen (secondary N) is 1. The van der Waals surface area contributed by atoms with Gasteiger partial charge >= 0.3 is 0 Å². The Balaban J connectivity index is 1.59. The summed E-state index contributed by atoms with van der Waals surface area (Å²) in [6.07, 6.45) is 0.00636. The second-order valence-corrected chi connectivity index (χ2v) is 10.3. The maximum Gasteiger partial charge on any atom is 0.238 e. The zero-order chi connectivity index (χ0) is 24.1. The number of aliphatic imine (C=N–C) groups is 1. The number of nitrogens with zero attached hydrogens (tertiary/aromatic N) is 2. The first-order valence-electron chi connectivity index (χ1n) is 10.4. The molecule has 1 unspecified atom stereocenters. The van der Waals surface area contributed by atoms with Crippen molar-refractivity contribution in [3.63, 3.8) is 0 Å². The molecule has 0 saturated carbocycles. The number of carbonyl (C=O) groups excluding carboxylic acids is 2. The van der Waals surface area contributed by atoms with E-state index < -0.39 is 15.3 Å². The van der Waals surface area contributed by atoms with Crippen molar-refractivity contribution in [2.24, 2.45) is 10.1 Å². The third-order valence-corrected chi connectivity index (χ3v) is 7.16. The molecule has 1 aliphatic rings. The zero-order valence-corrected chi connectivity index (χ0v) is 19.6. The molecule has 1 heterocycles. The van der Waals surface area contributed by atoms with E-state index in [9.17, 15) is 18.0 Å². The summed E-state index contributed by atoms with van der Waals surface area (Å²) >= 11 is 1.22. The van der Waals surface area contributed by atoms with Crippen LogP contribution in [0.4, 0.5) is 11.4 Å². The van der Waals surface area contributed by atoms with Crippen molar-refractivity contribution in [1.82, 2.24) is 4.90 Å². The van der Waals surface area contributed by atoms with E-state index in [-0.39, 0.29) is 29.7 Å². The van der Waals surface area contributed by atoms with Crippen molar-refractivity contribution in [3.05, 3.63) is 90.5 Å². The van der Waals surface area contributed by atoms with E-state index in [0.717, 1.165) is 0 Å². The van der Waals surface area contributed by atoms with Gasteiger partial charge in [0, 0.05) is 12.1 Å². The molecule has 4 rings (SSSR count). The topological polar surface area (TPSA) is 122 Å². The minimum Gasteiger partial charge on any atom is -0.325 e. The fraction of sp³-hybridized carbons (Fsp3) is 0.125. The van der Waals surface area contributed by atoms with Crippen LogP contribution in [0.2, 0.25) is 0 Å². The summed E-state index contributed by atoms with van der Waals surface area (Å²) in [5.41, 5.74) is 2.00. The molecule has 8 nitrogen and oxygen atoms in total. The molecule has 1 saturated heterocycles. The Labute approximate surface area is 201 Å². The summed E-state index contributed by atoms with van der Waals surface area (Å²) in [5.74, 6) is -0.528. The van der Waals surface area contributed by atoms with Gasteiger partial charge in [-0.2, -0.15) is 0 Å². The fourth-order valence-electron chi connectivity index (χ4n) is 3.32. The maximum atomic E-state index is 13.1. The number of amidine groups is 1. The molecular weight excluding hydrogens is 472 g/mol. The summed E-state index contributed by atoms with van der Waals surface area (Å²) in [6.45, 7) is 0.176. The van der Waals surface area contributed by atoms with Crippen LogP contribution in [0.15, 0.2) is 94.8 Å². The highest BCUT2D eigenvalue weighted by molar-refractivity contribution is 8.15. The summed E-state index contributed by atoms with van der Waals surface area (Å²) in [4.78, 5) is 32.1. The normalized spacial score (nSPS) is 17.6. The largest absolute Gasteiger partial charge is 0.325 e. The number of hydrogen-bond acceptors (Lipinski definition) is 6. The lowest BCUT2D eigenvalue weighted by Crippen LogP contribution is -2.44. The number of sulfonamides is 1. The molecule has 1 aliphatic heterocycles. The van der Waals surface area contributed by atoms with Crippen LogP contribution in [0, 0.1) is 0 Å². The molecule has 1 fully saturated rings. The number of nitrogens with two attached hydrogens (primary N) is 1. The van der Waals surface area contributed by atoms with Crippen LogP contribution in [0.3, 0.4) is 0 Å². The second-order valence-electron chi connectivity index (χ2n) is 7.56. The lowest BCUT2D eigenvalue weighted by Gasteiger charge is -2.32. The van der Waals surface area contributed by atoms with Gasteiger partial charge in [0.25, 0.3) is 0 Å². The average molecular weight is 495 g/mol. The summed E-state index contributed by atoms with van der Waals surface area (Å²) in [7, 11) is -3.81. The van der Waals surface area contributed by atoms with Gasteiger partial charge in [-0.25, -0.2) is 18.5 Å². The smallest absolute Gasteiger partial charge is 0.238 e. The van der Waals surface area contributed by atoms with Crippen LogP contribution in [-0.4, -0.2) is 35.5 Å². The van der Waals surface area contributed by atoms with Gasteiger partial charge in [-0.3, -0.25) is 14.5 Å². The Morgan fingerprint density at radius 2 is 1.62 bits per heavy atom. The van der Waals surface area contributed by atoms with Crippen LogP contribution < -0.4 is 10.5 Å². The first kappa shape index (κ1) is 23.7. The van der Waals surface area contributed by atoms with Crippen LogP contribution in [-0.2, 0) is 26.2 Å². The Hall–Kier alpha value is -3.47. The highest BCUT2D eigenvalue weighted by Crippen LogP contribution is 2.31. The monoisotopic (exact) mass is 494 g/mol. The van der Waals surface area contributed by atoms with Crippen molar-refractivity contribution in [2.45, 2.75) is 23.1 Å². The van der Waals surface area contributed by atoms with E-state index in [1.165, 1.54) is 28.8 Å². The van der Waals surface area contributed by atoms with Gasteiger partial charge < -0.3 is 5.32 Å². The maximum absolute atomic E-state index is 13.1. The molecule has 0 bridgehead atoms. The third-order valence-electron chi connectivity index (χ3n) is 5.05. The van der Waals surface area contributed by atoms with Gasteiger partial charge in [-0.1, -0.05) is 60.3 Å². The number of benzene rings is 3.